The molecule has 6 nitrogen and oxygen atoms in total. The number of carbonyl (C=O) groups excluding carboxylic acids is 1. The quantitative estimate of drug-likeness (QED) is 0.783. The number of likely N-dealkylation sites (tertiary alicyclic amines) is 2. The SMILES string of the molecule is O=C(Cc1ccncc1)N1C[C@@H]2C[C@H](C1)c1ccc(CN3CCCCC3)c(=O)n1C2. The monoisotopic (exact) mass is 406 g/mol. The van der Waals surface area contributed by atoms with Crippen LogP contribution >= 0.6 is 0 Å². The van der Waals surface area contributed by atoms with Gasteiger partial charge in [-0.15, -0.1) is 0 Å². The number of piperidine rings is 2. The maximum absolute atomic E-state index is 13.2. The molecule has 6 heteroatoms. The van der Waals surface area contributed by atoms with Gasteiger partial charge >= 0.3 is 0 Å². The van der Waals surface area contributed by atoms with Crippen LogP contribution in [0.15, 0.2) is 41.5 Å². The Morgan fingerprint density at radius 3 is 2.60 bits per heavy atom. The van der Waals surface area contributed by atoms with E-state index in [0.717, 1.165) is 56.0 Å². The molecule has 3 aliphatic rings. The molecule has 2 aromatic heterocycles. The first-order chi connectivity index (χ1) is 14.7. The molecule has 0 unspecified atom stereocenters. The van der Waals surface area contributed by atoms with Crippen molar-refractivity contribution < 1.29 is 4.79 Å². The second-order valence-corrected chi connectivity index (χ2v) is 9.17. The van der Waals surface area contributed by atoms with Crippen molar-refractivity contribution in [2.24, 2.45) is 5.92 Å². The Morgan fingerprint density at radius 2 is 1.80 bits per heavy atom. The number of hydrogen-bond donors (Lipinski definition) is 0. The van der Waals surface area contributed by atoms with Gasteiger partial charge in [0.15, 0.2) is 0 Å². The van der Waals surface area contributed by atoms with E-state index >= 15 is 0 Å². The van der Waals surface area contributed by atoms with Gasteiger partial charge in [0.05, 0.1) is 6.42 Å². The number of carbonyl (C=O) groups is 1. The van der Waals surface area contributed by atoms with Crippen LogP contribution in [0.3, 0.4) is 0 Å². The van der Waals surface area contributed by atoms with E-state index in [1.54, 1.807) is 12.4 Å². The Balaban J connectivity index is 1.32. The Labute approximate surface area is 177 Å². The minimum absolute atomic E-state index is 0.174. The van der Waals surface area contributed by atoms with Crippen molar-refractivity contribution in [2.75, 3.05) is 26.2 Å². The third-order valence-electron chi connectivity index (χ3n) is 6.98. The van der Waals surface area contributed by atoms with Crippen LogP contribution in [0.5, 0.6) is 0 Å². The molecular formula is C24H30N4O2. The normalized spacial score (nSPS) is 23.8. The molecular weight excluding hydrogens is 376 g/mol. The summed E-state index contributed by atoms with van der Waals surface area (Å²) in [5, 5.41) is 0. The summed E-state index contributed by atoms with van der Waals surface area (Å²) in [6.07, 6.45) is 8.74. The second-order valence-electron chi connectivity index (χ2n) is 9.17. The van der Waals surface area contributed by atoms with Crippen molar-refractivity contribution in [1.82, 2.24) is 19.4 Å². The van der Waals surface area contributed by atoms with Crippen molar-refractivity contribution >= 4 is 5.91 Å². The Kier molecular flexibility index (Phi) is 5.42. The highest BCUT2D eigenvalue weighted by Gasteiger charge is 2.36. The van der Waals surface area contributed by atoms with Crippen molar-refractivity contribution in [3.05, 3.63) is 63.8 Å². The summed E-state index contributed by atoms with van der Waals surface area (Å²) in [7, 11) is 0. The predicted octanol–water partition coefficient (Wildman–Crippen LogP) is 2.42. The van der Waals surface area contributed by atoms with Gasteiger partial charge in [0.2, 0.25) is 5.91 Å². The van der Waals surface area contributed by atoms with E-state index in [-0.39, 0.29) is 17.4 Å². The molecule has 2 bridgehead atoms. The summed E-state index contributed by atoms with van der Waals surface area (Å²) in [6.45, 7) is 5.17. The third kappa shape index (κ3) is 3.93. The molecule has 5 heterocycles. The van der Waals surface area contributed by atoms with Gasteiger partial charge in [-0.2, -0.15) is 0 Å². The highest BCUT2D eigenvalue weighted by atomic mass is 16.2. The van der Waals surface area contributed by atoms with Crippen LogP contribution in [-0.4, -0.2) is 51.4 Å². The smallest absolute Gasteiger partial charge is 0.255 e. The molecule has 1 amide bonds. The van der Waals surface area contributed by atoms with E-state index in [9.17, 15) is 9.59 Å². The maximum atomic E-state index is 13.2. The molecule has 5 rings (SSSR count). The number of aromatic nitrogens is 2. The summed E-state index contributed by atoms with van der Waals surface area (Å²) < 4.78 is 2.02. The van der Waals surface area contributed by atoms with E-state index in [2.05, 4.69) is 16.0 Å². The Hall–Kier alpha value is -2.47. The largest absolute Gasteiger partial charge is 0.341 e. The van der Waals surface area contributed by atoms with E-state index in [1.807, 2.05) is 27.7 Å². The lowest BCUT2D eigenvalue weighted by atomic mass is 9.82. The zero-order valence-corrected chi connectivity index (χ0v) is 17.5. The van der Waals surface area contributed by atoms with Gasteiger partial charge in [0.25, 0.3) is 5.56 Å². The Bertz CT molecular complexity index is 965. The standard InChI is InChI=1S/C24H30N4O2/c29-23(13-18-6-8-25-9-7-18)27-14-19-12-21(17-27)22-5-4-20(24(30)28(22)15-19)16-26-10-2-1-3-11-26/h4-9,19,21H,1-3,10-17H2/t19-,21+/m0/s1. The lowest BCUT2D eigenvalue weighted by Crippen LogP contribution is -2.50. The van der Waals surface area contributed by atoms with Crippen LogP contribution in [0.25, 0.3) is 0 Å². The summed E-state index contributed by atoms with van der Waals surface area (Å²) in [4.78, 5) is 34.6. The molecule has 2 atom stereocenters. The fraction of sp³-hybridized carbons (Fsp3) is 0.542. The number of pyridine rings is 2. The number of amides is 1. The van der Waals surface area contributed by atoms with Gasteiger partial charge in [-0.25, -0.2) is 0 Å². The third-order valence-corrected chi connectivity index (χ3v) is 6.98. The summed E-state index contributed by atoms with van der Waals surface area (Å²) in [6, 6.07) is 8.00. The van der Waals surface area contributed by atoms with Gasteiger partial charge in [-0.05, 0) is 62.0 Å². The molecule has 0 saturated carbocycles. The fourth-order valence-corrected chi connectivity index (χ4v) is 5.46. The lowest BCUT2D eigenvalue weighted by Gasteiger charge is -2.43. The fourth-order valence-electron chi connectivity index (χ4n) is 5.46. The minimum atomic E-state index is 0.174. The molecule has 3 aliphatic heterocycles. The van der Waals surface area contributed by atoms with Gasteiger partial charge in [-0.3, -0.25) is 19.5 Å². The predicted molar refractivity (Wildman–Crippen MR) is 115 cm³/mol. The van der Waals surface area contributed by atoms with Crippen molar-refractivity contribution in [1.29, 1.82) is 0 Å². The molecule has 0 radical (unpaired) electrons. The molecule has 2 aromatic rings. The average molecular weight is 407 g/mol. The van der Waals surface area contributed by atoms with Crippen LogP contribution in [0.2, 0.25) is 0 Å². The Morgan fingerprint density at radius 1 is 1.00 bits per heavy atom. The van der Waals surface area contributed by atoms with E-state index < -0.39 is 0 Å². The number of rotatable bonds is 4. The molecule has 0 aliphatic carbocycles. The summed E-state index contributed by atoms with van der Waals surface area (Å²) in [5.74, 6) is 0.796. The van der Waals surface area contributed by atoms with Crippen LogP contribution in [0, 0.1) is 5.92 Å². The lowest BCUT2D eigenvalue weighted by molar-refractivity contribution is -0.133. The van der Waals surface area contributed by atoms with Crippen LogP contribution in [0.4, 0.5) is 0 Å². The van der Waals surface area contributed by atoms with Gasteiger partial charge in [-0.1, -0.05) is 12.5 Å². The second kappa shape index (κ2) is 8.34. The first-order valence-electron chi connectivity index (χ1n) is 11.3. The zero-order chi connectivity index (χ0) is 20.5. The highest BCUT2D eigenvalue weighted by molar-refractivity contribution is 5.79. The molecule has 0 N–H and O–H groups in total. The van der Waals surface area contributed by atoms with E-state index in [1.165, 1.54) is 19.3 Å². The topological polar surface area (TPSA) is 58.4 Å². The number of nitrogens with zero attached hydrogens (tertiary/aromatic N) is 4. The zero-order valence-electron chi connectivity index (χ0n) is 17.5. The molecule has 2 fully saturated rings. The summed E-state index contributed by atoms with van der Waals surface area (Å²) >= 11 is 0. The molecule has 30 heavy (non-hydrogen) atoms. The van der Waals surface area contributed by atoms with Crippen molar-refractivity contribution in [3.63, 3.8) is 0 Å². The van der Waals surface area contributed by atoms with Gasteiger partial charge in [0.1, 0.15) is 0 Å². The minimum Gasteiger partial charge on any atom is -0.341 e. The van der Waals surface area contributed by atoms with Gasteiger partial charge in [0, 0.05) is 55.7 Å². The van der Waals surface area contributed by atoms with E-state index in [0.29, 0.717) is 18.9 Å². The molecule has 0 spiro atoms. The summed E-state index contributed by atoms with van der Waals surface area (Å²) in [5.41, 5.74) is 3.22. The van der Waals surface area contributed by atoms with Gasteiger partial charge < -0.3 is 9.47 Å². The molecule has 0 aromatic carbocycles. The average Bonchev–Trinajstić information content (AvgIpc) is 2.77. The molecule has 158 valence electrons. The molecule has 2 saturated heterocycles. The first kappa shape index (κ1) is 19.5. The van der Waals surface area contributed by atoms with Crippen molar-refractivity contribution in [3.8, 4) is 0 Å². The number of hydrogen-bond acceptors (Lipinski definition) is 4. The van der Waals surface area contributed by atoms with E-state index in [4.69, 9.17) is 0 Å². The van der Waals surface area contributed by atoms with Crippen LogP contribution in [-0.2, 0) is 24.3 Å². The maximum Gasteiger partial charge on any atom is 0.255 e. The first-order valence-corrected chi connectivity index (χ1v) is 11.3. The highest BCUT2D eigenvalue weighted by Crippen LogP contribution is 2.35. The van der Waals surface area contributed by atoms with Crippen LogP contribution in [0.1, 0.15) is 48.4 Å². The van der Waals surface area contributed by atoms with Crippen LogP contribution < -0.4 is 5.56 Å². The number of fused-ring (bicyclic) bond motifs is 4. The van der Waals surface area contributed by atoms with Crippen molar-refractivity contribution in [2.45, 2.75) is 51.1 Å².